The Hall–Kier alpha value is -3.05. The van der Waals surface area contributed by atoms with Crippen LogP contribution in [0.4, 0.5) is 0 Å². The average molecular weight is 360 g/mol. The monoisotopic (exact) mass is 360 g/mol. The lowest BCUT2D eigenvalue weighted by atomic mass is 9.94. The third kappa shape index (κ3) is 2.40. The first-order valence-corrected chi connectivity index (χ1v) is 8.62. The lowest BCUT2D eigenvalue weighted by Gasteiger charge is -2.31. The van der Waals surface area contributed by atoms with Gasteiger partial charge in [-0.3, -0.25) is 19.4 Å². The molecule has 0 saturated carbocycles. The molecule has 0 aliphatic carbocycles. The number of carbonyl (C=O) groups is 2. The highest BCUT2D eigenvalue weighted by Gasteiger charge is 2.35. The number of amides is 2. The molecule has 1 heterocycles. The summed E-state index contributed by atoms with van der Waals surface area (Å²) in [5.41, 5.74) is 0.982. The first-order valence-electron chi connectivity index (χ1n) is 8.21. The van der Waals surface area contributed by atoms with Gasteiger partial charge in [-0.1, -0.05) is 48.5 Å². The van der Waals surface area contributed by atoms with Gasteiger partial charge in [0.1, 0.15) is 5.57 Å². The Kier molecular flexibility index (Phi) is 3.81. The van der Waals surface area contributed by atoms with Gasteiger partial charge in [-0.05, 0) is 51.5 Å². The highest BCUT2D eigenvalue weighted by atomic mass is 32.1. The van der Waals surface area contributed by atoms with Crippen LogP contribution in [-0.4, -0.2) is 40.8 Å². The molecule has 0 atom stereocenters. The zero-order chi connectivity index (χ0) is 18.4. The third-order valence-electron chi connectivity index (χ3n) is 4.75. The molecule has 1 aliphatic heterocycles. The van der Waals surface area contributed by atoms with Crippen molar-refractivity contribution in [2.75, 3.05) is 14.1 Å². The van der Waals surface area contributed by atoms with E-state index < -0.39 is 0 Å². The number of nitrogens with zero attached hydrogens (tertiary/aromatic N) is 2. The summed E-state index contributed by atoms with van der Waals surface area (Å²) in [4.78, 5) is 28.0. The van der Waals surface area contributed by atoms with Crippen LogP contribution < -0.4 is 0 Å². The minimum atomic E-state index is -0.380. The van der Waals surface area contributed by atoms with Gasteiger partial charge in [0.05, 0.1) is 0 Å². The number of fused-ring (bicyclic) bond motifs is 2. The molecule has 2 amide bonds. The number of likely N-dealkylation sites (N-methyl/N-ethyl adjacent to an activating group) is 2. The van der Waals surface area contributed by atoms with Gasteiger partial charge in [0.25, 0.3) is 11.8 Å². The van der Waals surface area contributed by atoms with Crippen molar-refractivity contribution in [1.82, 2.24) is 9.80 Å². The predicted molar refractivity (Wildman–Crippen MR) is 108 cm³/mol. The van der Waals surface area contributed by atoms with E-state index in [1.54, 1.807) is 20.2 Å². The lowest BCUT2D eigenvalue weighted by Crippen LogP contribution is -2.52. The predicted octanol–water partition coefficient (Wildman–Crippen LogP) is 3.59. The highest BCUT2D eigenvalue weighted by molar-refractivity contribution is 7.80. The zero-order valence-electron chi connectivity index (χ0n) is 14.4. The molecule has 0 bridgehead atoms. The normalized spacial score (nSPS) is 15.3. The van der Waals surface area contributed by atoms with Gasteiger partial charge in [0.2, 0.25) is 0 Å². The maximum absolute atomic E-state index is 12.7. The molecule has 0 spiro atoms. The van der Waals surface area contributed by atoms with E-state index in [9.17, 15) is 9.59 Å². The SMILES string of the molecule is CN1C(=O)C(=Cc2c3ccccc3cc3ccccc23)C(=O)N(C)C1=S. The summed E-state index contributed by atoms with van der Waals surface area (Å²) in [6.45, 7) is 0. The summed E-state index contributed by atoms with van der Waals surface area (Å²) < 4.78 is 0. The maximum Gasteiger partial charge on any atom is 0.265 e. The molecular weight excluding hydrogens is 344 g/mol. The average Bonchev–Trinajstić information content (AvgIpc) is 2.67. The van der Waals surface area contributed by atoms with Crippen molar-refractivity contribution >= 4 is 56.8 Å². The second-order valence-corrected chi connectivity index (χ2v) is 6.67. The van der Waals surface area contributed by atoms with Gasteiger partial charge in [0, 0.05) is 14.1 Å². The van der Waals surface area contributed by atoms with Crippen molar-refractivity contribution in [3.05, 3.63) is 65.7 Å². The minimum absolute atomic E-state index is 0.116. The largest absolute Gasteiger partial charge is 0.288 e. The van der Waals surface area contributed by atoms with Crippen molar-refractivity contribution in [2.24, 2.45) is 0 Å². The minimum Gasteiger partial charge on any atom is -0.288 e. The van der Waals surface area contributed by atoms with Crippen molar-refractivity contribution in [3.63, 3.8) is 0 Å². The fourth-order valence-electron chi connectivity index (χ4n) is 3.32. The fourth-order valence-corrected chi connectivity index (χ4v) is 3.49. The van der Waals surface area contributed by atoms with E-state index in [4.69, 9.17) is 12.2 Å². The van der Waals surface area contributed by atoms with Gasteiger partial charge < -0.3 is 0 Å². The van der Waals surface area contributed by atoms with Gasteiger partial charge in [0.15, 0.2) is 5.11 Å². The van der Waals surface area contributed by atoms with E-state index in [0.29, 0.717) is 0 Å². The van der Waals surface area contributed by atoms with Crippen LogP contribution in [0.15, 0.2) is 60.2 Å². The molecule has 1 aliphatic rings. The molecule has 4 nitrogen and oxygen atoms in total. The fraction of sp³-hybridized carbons (Fsp3) is 0.0952. The number of rotatable bonds is 1. The summed E-state index contributed by atoms with van der Waals surface area (Å²) in [5, 5.41) is 4.33. The molecule has 26 heavy (non-hydrogen) atoms. The highest BCUT2D eigenvalue weighted by Crippen LogP contribution is 2.31. The summed E-state index contributed by atoms with van der Waals surface area (Å²) in [6.07, 6.45) is 1.70. The standard InChI is InChI=1S/C21H16N2O2S/c1-22-19(24)18(20(25)23(2)21(22)26)12-17-15-9-5-3-7-13(15)11-14-8-4-6-10-16(14)17/h3-12H,1-2H3. The number of hydrogen-bond acceptors (Lipinski definition) is 3. The molecule has 0 aromatic heterocycles. The van der Waals surface area contributed by atoms with E-state index in [1.165, 1.54) is 9.80 Å². The molecule has 1 saturated heterocycles. The number of hydrogen-bond donors (Lipinski definition) is 0. The smallest absolute Gasteiger partial charge is 0.265 e. The van der Waals surface area contributed by atoms with E-state index >= 15 is 0 Å². The first kappa shape index (κ1) is 16.4. The maximum atomic E-state index is 12.7. The van der Waals surface area contributed by atoms with Crippen LogP contribution in [-0.2, 0) is 9.59 Å². The Morgan fingerprint density at radius 2 is 1.27 bits per heavy atom. The summed E-state index contributed by atoms with van der Waals surface area (Å²) in [7, 11) is 3.17. The molecule has 0 unspecified atom stereocenters. The van der Waals surface area contributed by atoms with E-state index in [0.717, 1.165) is 27.1 Å². The van der Waals surface area contributed by atoms with Crippen LogP contribution >= 0.6 is 12.2 Å². The lowest BCUT2D eigenvalue weighted by molar-refractivity contribution is -0.132. The van der Waals surface area contributed by atoms with Gasteiger partial charge >= 0.3 is 0 Å². The van der Waals surface area contributed by atoms with Crippen LogP contribution in [0.3, 0.4) is 0 Å². The Morgan fingerprint density at radius 1 is 0.808 bits per heavy atom. The molecule has 128 valence electrons. The summed E-state index contributed by atoms with van der Waals surface area (Å²) in [5.74, 6) is -0.759. The van der Waals surface area contributed by atoms with E-state index in [1.807, 2.05) is 48.5 Å². The van der Waals surface area contributed by atoms with Crippen molar-refractivity contribution < 1.29 is 9.59 Å². The molecule has 3 aromatic rings. The van der Waals surface area contributed by atoms with E-state index in [2.05, 4.69) is 6.07 Å². The Bertz CT molecular complexity index is 1050. The number of thiocarbonyl (C=S) groups is 1. The molecule has 4 rings (SSSR count). The summed E-state index contributed by atoms with van der Waals surface area (Å²) in [6, 6.07) is 18.0. The Balaban J connectivity index is 2.04. The van der Waals surface area contributed by atoms with Crippen LogP contribution in [0.1, 0.15) is 5.56 Å². The molecular formula is C21H16N2O2S. The summed E-state index contributed by atoms with van der Waals surface area (Å²) >= 11 is 5.16. The Morgan fingerprint density at radius 3 is 1.77 bits per heavy atom. The Labute approximate surface area is 156 Å². The van der Waals surface area contributed by atoms with Gasteiger partial charge in [-0.2, -0.15) is 0 Å². The van der Waals surface area contributed by atoms with Gasteiger partial charge in [-0.25, -0.2) is 0 Å². The van der Waals surface area contributed by atoms with Crippen LogP contribution in [0, 0.1) is 0 Å². The number of benzene rings is 3. The molecule has 3 aromatic carbocycles. The molecule has 1 fully saturated rings. The topological polar surface area (TPSA) is 40.6 Å². The van der Waals surface area contributed by atoms with Gasteiger partial charge in [-0.15, -0.1) is 0 Å². The second-order valence-electron chi connectivity index (χ2n) is 6.30. The van der Waals surface area contributed by atoms with Crippen LogP contribution in [0.2, 0.25) is 0 Å². The van der Waals surface area contributed by atoms with Crippen molar-refractivity contribution in [3.8, 4) is 0 Å². The first-order chi connectivity index (χ1) is 12.5. The molecule has 5 heteroatoms. The van der Waals surface area contributed by atoms with Crippen molar-refractivity contribution in [1.29, 1.82) is 0 Å². The molecule has 0 radical (unpaired) electrons. The van der Waals surface area contributed by atoms with Crippen molar-refractivity contribution in [2.45, 2.75) is 0 Å². The third-order valence-corrected chi connectivity index (χ3v) is 5.29. The molecule has 0 N–H and O–H groups in total. The number of carbonyl (C=O) groups excluding carboxylic acids is 2. The van der Waals surface area contributed by atoms with Crippen LogP contribution in [0.5, 0.6) is 0 Å². The van der Waals surface area contributed by atoms with Crippen LogP contribution in [0.25, 0.3) is 27.6 Å². The van der Waals surface area contributed by atoms with E-state index in [-0.39, 0.29) is 22.5 Å². The zero-order valence-corrected chi connectivity index (χ0v) is 15.2. The quantitative estimate of drug-likeness (QED) is 0.288. The second kappa shape index (κ2) is 6.04.